The lowest BCUT2D eigenvalue weighted by Crippen LogP contribution is -2.22. The van der Waals surface area contributed by atoms with Crippen LogP contribution in [0, 0.1) is 0 Å². The SMILES string of the molecule is NCC(=O)Nc1ccccc1-c1ccc2[nH]c3ccc(-c4ccccc4NC(=O)CN)cc3c2c1. The molecule has 0 aliphatic heterocycles. The number of fused-ring (bicyclic) bond motifs is 3. The summed E-state index contributed by atoms with van der Waals surface area (Å²) < 4.78 is 0. The van der Waals surface area contributed by atoms with E-state index in [1.54, 1.807) is 0 Å². The fraction of sp³-hybridized carbons (Fsp3) is 0.0714. The van der Waals surface area contributed by atoms with Crippen molar-refractivity contribution in [3.05, 3.63) is 84.9 Å². The second-order valence-electron chi connectivity index (χ2n) is 8.24. The Morgan fingerprint density at radius 2 is 1.06 bits per heavy atom. The van der Waals surface area contributed by atoms with Crippen molar-refractivity contribution in [2.75, 3.05) is 23.7 Å². The second kappa shape index (κ2) is 9.42. The van der Waals surface area contributed by atoms with E-state index < -0.39 is 0 Å². The van der Waals surface area contributed by atoms with Gasteiger partial charge in [0.15, 0.2) is 0 Å². The third-order valence-corrected chi connectivity index (χ3v) is 5.99. The third kappa shape index (κ3) is 4.38. The van der Waals surface area contributed by atoms with E-state index in [-0.39, 0.29) is 24.9 Å². The van der Waals surface area contributed by atoms with Crippen molar-refractivity contribution >= 4 is 45.0 Å². The van der Waals surface area contributed by atoms with E-state index in [2.05, 4.69) is 27.8 Å². The van der Waals surface area contributed by atoms with Gasteiger partial charge in [-0.15, -0.1) is 0 Å². The smallest absolute Gasteiger partial charge is 0.238 e. The molecule has 7 N–H and O–H groups in total. The molecule has 0 unspecified atom stereocenters. The van der Waals surface area contributed by atoms with Gasteiger partial charge in [-0.25, -0.2) is 0 Å². The van der Waals surface area contributed by atoms with Gasteiger partial charge in [-0.05, 0) is 47.5 Å². The minimum absolute atomic E-state index is 0.0776. The summed E-state index contributed by atoms with van der Waals surface area (Å²) in [6, 6.07) is 27.7. The van der Waals surface area contributed by atoms with Crippen LogP contribution >= 0.6 is 0 Å². The highest BCUT2D eigenvalue weighted by Crippen LogP contribution is 2.36. The molecular formula is C28H25N5O2. The van der Waals surface area contributed by atoms with Crippen LogP contribution in [0.4, 0.5) is 11.4 Å². The molecule has 0 radical (unpaired) electrons. The quantitative estimate of drug-likeness (QED) is 0.255. The molecule has 0 saturated heterocycles. The van der Waals surface area contributed by atoms with Gasteiger partial charge in [0, 0.05) is 44.3 Å². The van der Waals surface area contributed by atoms with E-state index in [1.165, 1.54) is 0 Å². The number of hydrogen-bond donors (Lipinski definition) is 5. The fourth-order valence-corrected chi connectivity index (χ4v) is 4.32. The van der Waals surface area contributed by atoms with Crippen molar-refractivity contribution in [2.24, 2.45) is 11.5 Å². The lowest BCUT2D eigenvalue weighted by atomic mass is 9.98. The summed E-state index contributed by atoms with van der Waals surface area (Å²) in [4.78, 5) is 27.3. The van der Waals surface area contributed by atoms with Gasteiger partial charge in [-0.1, -0.05) is 48.5 Å². The monoisotopic (exact) mass is 463 g/mol. The zero-order chi connectivity index (χ0) is 24.4. The van der Waals surface area contributed by atoms with Gasteiger partial charge in [0.1, 0.15) is 0 Å². The molecule has 0 atom stereocenters. The van der Waals surface area contributed by atoms with Crippen LogP contribution in [0.1, 0.15) is 0 Å². The largest absolute Gasteiger partial charge is 0.355 e. The van der Waals surface area contributed by atoms with Gasteiger partial charge in [0.05, 0.1) is 13.1 Å². The molecule has 0 saturated carbocycles. The summed E-state index contributed by atoms with van der Waals surface area (Å²) in [6.45, 7) is -0.155. The first kappa shape index (κ1) is 22.3. The maximum Gasteiger partial charge on any atom is 0.238 e. The highest BCUT2D eigenvalue weighted by atomic mass is 16.2. The Bertz CT molecular complexity index is 1460. The van der Waals surface area contributed by atoms with Crippen LogP contribution in [0.25, 0.3) is 44.1 Å². The third-order valence-electron chi connectivity index (χ3n) is 5.99. The number of rotatable bonds is 6. The highest BCUT2D eigenvalue weighted by molar-refractivity contribution is 6.10. The number of amides is 2. The summed E-state index contributed by atoms with van der Waals surface area (Å²) >= 11 is 0. The van der Waals surface area contributed by atoms with E-state index in [4.69, 9.17) is 11.5 Å². The van der Waals surface area contributed by atoms with Crippen LogP contribution in [0.3, 0.4) is 0 Å². The molecule has 2 amide bonds. The second-order valence-corrected chi connectivity index (χ2v) is 8.24. The Morgan fingerprint density at radius 1 is 0.629 bits per heavy atom. The first-order chi connectivity index (χ1) is 17.1. The van der Waals surface area contributed by atoms with Crippen molar-refractivity contribution in [2.45, 2.75) is 0 Å². The number of para-hydroxylation sites is 2. The molecule has 0 bridgehead atoms. The Morgan fingerprint density at radius 3 is 1.49 bits per heavy atom. The predicted octanol–water partition coefficient (Wildman–Crippen LogP) is 4.45. The Labute approximate surface area is 202 Å². The number of aromatic amines is 1. The summed E-state index contributed by atoms with van der Waals surface area (Å²) in [5.41, 5.74) is 18.2. The number of H-pyrrole nitrogens is 1. The number of carbonyl (C=O) groups excluding carboxylic acids is 2. The molecule has 0 spiro atoms. The number of benzene rings is 4. The molecule has 7 heteroatoms. The van der Waals surface area contributed by atoms with Crippen LogP contribution in [0.15, 0.2) is 84.9 Å². The van der Waals surface area contributed by atoms with Crippen molar-refractivity contribution in [1.82, 2.24) is 4.98 Å². The van der Waals surface area contributed by atoms with Crippen molar-refractivity contribution < 1.29 is 9.59 Å². The predicted molar refractivity (Wildman–Crippen MR) is 142 cm³/mol. The lowest BCUT2D eigenvalue weighted by molar-refractivity contribution is -0.115. The number of nitrogens with two attached hydrogens (primary N) is 2. The molecule has 7 nitrogen and oxygen atoms in total. The average molecular weight is 464 g/mol. The zero-order valence-corrected chi connectivity index (χ0v) is 19.0. The first-order valence-corrected chi connectivity index (χ1v) is 11.3. The topological polar surface area (TPSA) is 126 Å². The molecule has 5 aromatic rings. The maximum atomic E-state index is 11.9. The Balaban J connectivity index is 1.62. The van der Waals surface area contributed by atoms with E-state index in [0.717, 1.165) is 44.1 Å². The van der Waals surface area contributed by atoms with Crippen LogP contribution in [-0.4, -0.2) is 29.9 Å². The van der Waals surface area contributed by atoms with E-state index in [1.807, 2.05) is 72.8 Å². The summed E-state index contributed by atoms with van der Waals surface area (Å²) in [6.07, 6.45) is 0. The van der Waals surface area contributed by atoms with E-state index >= 15 is 0 Å². The standard InChI is InChI=1S/C28H25N5O2/c29-15-27(34)32-23-7-3-1-5-19(23)17-9-11-25-21(13-17)22-14-18(10-12-26(22)31-25)20-6-2-4-8-24(20)33-28(35)16-30/h1-14,31H,15-16,29-30H2,(H,32,34)(H,33,35). The summed E-state index contributed by atoms with van der Waals surface area (Å²) in [7, 11) is 0. The molecule has 5 rings (SSSR count). The average Bonchev–Trinajstić information content (AvgIpc) is 3.26. The van der Waals surface area contributed by atoms with Crippen molar-refractivity contribution in [1.29, 1.82) is 0 Å². The van der Waals surface area contributed by atoms with Gasteiger partial charge >= 0.3 is 0 Å². The number of aromatic nitrogens is 1. The van der Waals surface area contributed by atoms with Crippen LogP contribution in [-0.2, 0) is 9.59 Å². The minimum Gasteiger partial charge on any atom is -0.355 e. The minimum atomic E-state index is -0.240. The molecule has 0 fully saturated rings. The normalized spacial score (nSPS) is 11.0. The lowest BCUT2D eigenvalue weighted by Gasteiger charge is -2.11. The number of hydrogen-bond acceptors (Lipinski definition) is 4. The fourth-order valence-electron chi connectivity index (χ4n) is 4.32. The highest BCUT2D eigenvalue weighted by Gasteiger charge is 2.13. The van der Waals surface area contributed by atoms with Gasteiger partial charge in [-0.2, -0.15) is 0 Å². The van der Waals surface area contributed by atoms with Crippen molar-refractivity contribution in [3.8, 4) is 22.3 Å². The number of nitrogens with one attached hydrogen (secondary N) is 3. The molecular weight excluding hydrogens is 438 g/mol. The summed E-state index contributed by atoms with van der Waals surface area (Å²) in [5, 5.41) is 7.88. The van der Waals surface area contributed by atoms with Crippen LogP contribution < -0.4 is 22.1 Å². The number of anilines is 2. The molecule has 35 heavy (non-hydrogen) atoms. The molecule has 0 aliphatic carbocycles. The molecule has 174 valence electrons. The number of carbonyl (C=O) groups is 2. The summed E-state index contributed by atoms with van der Waals surface area (Å²) in [5.74, 6) is -0.480. The first-order valence-electron chi connectivity index (χ1n) is 11.3. The van der Waals surface area contributed by atoms with E-state index in [0.29, 0.717) is 11.4 Å². The van der Waals surface area contributed by atoms with Crippen LogP contribution in [0.5, 0.6) is 0 Å². The van der Waals surface area contributed by atoms with E-state index in [9.17, 15) is 9.59 Å². The van der Waals surface area contributed by atoms with Gasteiger partial charge in [-0.3, -0.25) is 9.59 Å². The van der Waals surface area contributed by atoms with Gasteiger partial charge in [0.25, 0.3) is 0 Å². The zero-order valence-electron chi connectivity index (χ0n) is 19.0. The Kier molecular flexibility index (Phi) is 6.01. The molecule has 1 aromatic heterocycles. The van der Waals surface area contributed by atoms with Crippen molar-refractivity contribution in [3.63, 3.8) is 0 Å². The van der Waals surface area contributed by atoms with Gasteiger partial charge in [0.2, 0.25) is 11.8 Å². The van der Waals surface area contributed by atoms with Crippen LogP contribution in [0.2, 0.25) is 0 Å². The molecule has 0 aliphatic rings. The maximum absolute atomic E-state index is 11.9. The molecule has 4 aromatic carbocycles. The molecule has 1 heterocycles. The Hall–Kier alpha value is -4.46. The van der Waals surface area contributed by atoms with Gasteiger partial charge < -0.3 is 27.1 Å².